The van der Waals surface area contributed by atoms with Crippen LogP contribution in [0.4, 0.5) is 4.39 Å². The number of carboxylic acids is 1. The summed E-state index contributed by atoms with van der Waals surface area (Å²) < 4.78 is 39.7. The fourth-order valence-corrected chi connectivity index (χ4v) is 2.68. The molecule has 0 bridgehead atoms. The molecule has 0 unspecified atom stereocenters. The summed E-state index contributed by atoms with van der Waals surface area (Å²) in [6, 6.07) is 10.6. The van der Waals surface area contributed by atoms with Gasteiger partial charge in [0, 0.05) is 12.1 Å². The second kappa shape index (κ2) is 6.02. The molecule has 0 saturated carbocycles. The van der Waals surface area contributed by atoms with Crippen molar-refractivity contribution in [3.63, 3.8) is 0 Å². The zero-order chi connectivity index (χ0) is 15.5. The molecule has 0 aromatic heterocycles. The van der Waals surface area contributed by atoms with E-state index in [2.05, 4.69) is 4.72 Å². The van der Waals surface area contributed by atoms with E-state index in [0.29, 0.717) is 0 Å². The van der Waals surface area contributed by atoms with Crippen molar-refractivity contribution < 1.29 is 22.7 Å². The zero-order valence-electron chi connectivity index (χ0n) is 10.8. The SMILES string of the molecule is O=C(O)c1ccc(S(=O)(=O)NCc2ccccc2F)cc1. The van der Waals surface area contributed by atoms with Crippen molar-refractivity contribution in [2.24, 2.45) is 0 Å². The number of sulfonamides is 1. The quantitative estimate of drug-likeness (QED) is 0.885. The molecular weight excluding hydrogens is 297 g/mol. The molecule has 0 spiro atoms. The molecule has 5 nitrogen and oxygen atoms in total. The number of aromatic carboxylic acids is 1. The molecule has 0 saturated heterocycles. The van der Waals surface area contributed by atoms with Gasteiger partial charge >= 0.3 is 5.97 Å². The van der Waals surface area contributed by atoms with E-state index in [1.165, 1.54) is 42.5 Å². The van der Waals surface area contributed by atoms with E-state index in [4.69, 9.17) is 5.11 Å². The predicted octanol–water partition coefficient (Wildman–Crippen LogP) is 2.00. The van der Waals surface area contributed by atoms with E-state index in [1.807, 2.05) is 0 Å². The number of benzene rings is 2. The lowest BCUT2D eigenvalue weighted by Gasteiger charge is -2.07. The first-order chi connectivity index (χ1) is 9.90. The van der Waals surface area contributed by atoms with Gasteiger partial charge in [0.15, 0.2) is 0 Å². The predicted molar refractivity (Wildman–Crippen MR) is 73.8 cm³/mol. The number of hydrogen-bond acceptors (Lipinski definition) is 3. The first kappa shape index (κ1) is 15.1. The Morgan fingerprint density at radius 1 is 1.10 bits per heavy atom. The Balaban J connectivity index is 2.15. The summed E-state index contributed by atoms with van der Waals surface area (Å²) in [7, 11) is -3.83. The lowest BCUT2D eigenvalue weighted by Crippen LogP contribution is -2.23. The van der Waals surface area contributed by atoms with Gasteiger partial charge in [-0.05, 0) is 30.3 Å². The zero-order valence-corrected chi connectivity index (χ0v) is 11.6. The van der Waals surface area contributed by atoms with Gasteiger partial charge in [0.2, 0.25) is 10.0 Å². The van der Waals surface area contributed by atoms with E-state index < -0.39 is 21.8 Å². The van der Waals surface area contributed by atoms with Gasteiger partial charge in [-0.2, -0.15) is 0 Å². The van der Waals surface area contributed by atoms with E-state index in [0.717, 1.165) is 0 Å². The maximum atomic E-state index is 13.4. The second-order valence-corrected chi connectivity index (χ2v) is 6.01. The third kappa shape index (κ3) is 3.65. The van der Waals surface area contributed by atoms with Crippen LogP contribution in [0.25, 0.3) is 0 Å². The first-order valence-corrected chi connectivity index (χ1v) is 7.45. The van der Waals surface area contributed by atoms with Gasteiger partial charge in [-0.3, -0.25) is 0 Å². The Labute approximate surface area is 121 Å². The van der Waals surface area contributed by atoms with Crippen molar-refractivity contribution in [2.75, 3.05) is 0 Å². The average molecular weight is 309 g/mol. The van der Waals surface area contributed by atoms with E-state index in [1.54, 1.807) is 6.07 Å². The maximum absolute atomic E-state index is 13.4. The molecule has 7 heteroatoms. The molecule has 2 aromatic carbocycles. The van der Waals surface area contributed by atoms with Crippen molar-refractivity contribution in [1.29, 1.82) is 0 Å². The first-order valence-electron chi connectivity index (χ1n) is 5.96. The minimum atomic E-state index is -3.83. The number of halogens is 1. The second-order valence-electron chi connectivity index (χ2n) is 4.25. The van der Waals surface area contributed by atoms with Crippen LogP contribution in [0.5, 0.6) is 0 Å². The summed E-state index contributed by atoms with van der Waals surface area (Å²) >= 11 is 0. The van der Waals surface area contributed by atoms with Crippen LogP contribution < -0.4 is 4.72 Å². The molecule has 0 aliphatic carbocycles. The molecule has 2 aromatic rings. The third-order valence-electron chi connectivity index (χ3n) is 2.82. The van der Waals surface area contributed by atoms with Crippen molar-refractivity contribution in [3.05, 3.63) is 65.5 Å². The van der Waals surface area contributed by atoms with Gasteiger partial charge in [0.1, 0.15) is 5.82 Å². The highest BCUT2D eigenvalue weighted by Crippen LogP contribution is 2.12. The topological polar surface area (TPSA) is 83.5 Å². The molecule has 2 rings (SSSR count). The normalized spacial score (nSPS) is 11.3. The number of carboxylic acid groups (broad SMARTS) is 1. The number of carbonyl (C=O) groups is 1. The van der Waals surface area contributed by atoms with Crippen LogP contribution in [-0.2, 0) is 16.6 Å². The minimum Gasteiger partial charge on any atom is -0.478 e. The molecule has 0 amide bonds. The maximum Gasteiger partial charge on any atom is 0.335 e. The Kier molecular flexibility index (Phi) is 4.35. The minimum absolute atomic E-state index is 0.0111. The summed E-state index contributed by atoms with van der Waals surface area (Å²) in [6.07, 6.45) is 0. The number of nitrogens with one attached hydrogen (secondary N) is 1. The van der Waals surface area contributed by atoms with Crippen LogP contribution >= 0.6 is 0 Å². The summed E-state index contributed by atoms with van der Waals surface area (Å²) in [5.41, 5.74) is 0.214. The van der Waals surface area contributed by atoms with Crippen molar-refractivity contribution in [3.8, 4) is 0 Å². The molecule has 0 fully saturated rings. The Bertz CT molecular complexity index is 757. The van der Waals surface area contributed by atoms with Crippen LogP contribution in [-0.4, -0.2) is 19.5 Å². The van der Waals surface area contributed by atoms with Crippen LogP contribution in [0.2, 0.25) is 0 Å². The lowest BCUT2D eigenvalue weighted by molar-refractivity contribution is 0.0696. The molecule has 0 aliphatic heterocycles. The van der Waals surface area contributed by atoms with Crippen LogP contribution in [0, 0.1) is 5.82 Å². The van der Waals surface area contributed by atoms with E-state index in [9.17, 15) is 17.6 Å². The van der Waals surface area contributed by atoms with Gasteiger partial charge < -0.3 is 5.11 Å². The largest absolute Gasteiger partial charge is 0.478 e. The van der Waals surface area contributed by atoms with Gasteiger partial charge in [-0.1, -0.05) is 18.2 Å². The highest BCUT2D eigenvalue weighted by atomic mass is 32.2. The van der Waals surface area contributed by atoms with Gasteiger partial charge in [0.25, 0.3) is 0 Å². The molecule has 0 radical (unpaired) electrons. The molecule has 2 N–H and O–H groups in total. The highest BCUT2D eigenvalue weighted by molar-refractivity contribution is 7.89. The Hall–Kier alpha value is -2.25. The average Bonchev–Trinajstić information content (AvgIpc) is 2.46. The van der Waals surface area contributed by atoms with Crippen molar-refractivity contribution >= 4 is 16.0 Å². The molecule has 0 heterocycles. The molecule has 21 heavy (non-hydrogen) atoms. The van der Waals surface area contributed by atoms with Gasteiger partial charge in [-0.15, -0.1) is 0 Å². The summed E-state index contributed by atoms with van der Waals surface area (Å²) in [5.74, 6) is -1.64. The molecule has 110 valence electrons. The molecule has 0 atom stereocenters. The van der Waals surface area contributed by atoms with Gasteiger partial charge in [0.05, 0.1) is 10.5 Å². The summed E-state index contributed by atoms with van der Waals surface area (Å²) in [5, 5.41) is 8.75. The standard InChI is InChI=1S/C14H12FNO4S/c15-13-4-2-1-3-11(13)9-16-21(19,20)12-7-5-10(6-8-12)14(17)18/h1-8,16H,9H2,(H,17,18). The monoisotopic (exact) mass is 309 g/mol. The van der Waals surface area contributed by atoms with Crippen molar-refractivity contribution in [1.82, 2.24) is 4.72 Å². The van der Waals surface area contributed by atoms with Crippen LogP contribution in [0.15, 0.2) is 53.4 Å². The highest BCUT2D eigenvalue weighted by Gasteiger charge is 2.15. The van der Waals surface area contributed by atoms with Crippen LogP contribution in [0.1, 0.15) is 15.9 Å². The van der Waals surface area contributed by atoms with Crippen LogP contribution in [0.3, 0.4) is 0 Å². The summed E-state index contributed by atoms with van der Waals surface area (Å²) in [6.45, 7) is -0.185. The number of rotatable bonds is 5. The summed E-state index contributed by atoms with van der Waals surface area (Å²) in [4.78, 5) is 10.6. The molecule has 0 aliphatic rings. The number of hydrogen-bond donors (Lipinski definition) is 2. The lowest BCUT2D eigenvalue weighted by atomic mass is 10.2. The Morgan fingerprint density at radius 2 is 1.71 bits per heavy atom. The third-order valence-corrected chi connectivity index (χ3v) is 4.24. The van der Waals surface area contributed by atoms with E-state index in [-0.39, 0.29) is 22.6 Å². The Morgan fingerprint density at radius 3 is 2.29 bits per heavy atom. The van der Waals surface area contributed by atoms with E-state index >= 15 is 0 Å². The fourth-order valence-electron chi connectivity index (χ4n) is 1.67. The van der Waals surface area contributed by atoms with Crippen molar-refractivity contribution in [2.45, 2.75) is 11.4 Å². The fraction of sp³-hybridized carbons (Fsp3) is 0.0714. The smallest absolute Gasteiger partial charge is 0.335 e. The van der Waals surface area contributed by atoms with Gasteiger partial charge in [-0.25, -0.2) is 22.3 Å². The molecular formula is C14H12FNO4S.